The zero-order chi connectivity index (χ0) is 60.2. The fraction of sp³-hybridized carbons (Fsp3) is 0.576. The first-order valence-corrected chi connectivity index (χ1v) is 30.6. The molecule has 84 heavy (non-hydrogen) atoms. The van der Waals surface area contributed by atoms with E-state index in [9.17, 15) is 53.3 Å². The first-order valence-electron chi connectivity index (χ1n) is 29.5. The molecule has 8 rings (SSSR count). The van der Waals surface area contributed by atoms with Gasteiger partial charge in [0, 0.05) is 92.2 Å². The van der Waals surface area contributed by atoms with E-state index in [0.29, 0.717) is 62.3 Å². The number of nitrogens with zero attached hydrogens (tertiary/aromatic N) is 3. The van der Waals surface area contributed by atoms with Gasteiger partial charge in [-0.3, -0.25) is 53.4 Å². The van der Waals surface area contributed by atoms with Crippen molar-refractivity contribution in [2.24, 2.45) is 17.6 Å². The number of rotatable bonds is 29. The number of nitrogens with two attached hydrogens (primary N) is 1. The number of carbonyl (C=O) groups is 9. The largest absolute Gasteiger partial charge is 0.368 e. The van der Waals surface area contributed by atoms with Gasteiger partial charge in [-0.2, -0.15) is 11.8 Å². The Labute approximate surface area is 493 Å². The van der Waals surface area contributed by atoms with Gasteiger partial charge in [0.15, 0.2) is 0 Å². The molecule has 10 amide bonds. The van der Waals surface area contributed by atoms with Crippen LogP contribution in [0.25, 0.3) is 16.5 Å². The van der Waals surface area contributed by atoms with Crippen LogP contribution in [-0.2, 0) is 51.2 Å². The molecule has 4 aliphatic heterocycles. The van der Waals surface area contributed by atoms with E-state index in [4.69, 9.17) is 5.73 Å². The zero-order valence-electron chi connectivity index (χ0n) is 48.3. The van der Waals surface area contributed by atoms with E-state index in [0.717, 1.165) is 47.1 Å². The third kappa shape index (κ3) is 15.8. The van der Waals surface area contributed by atoms with E-state index in [1.54, 1.807) is 13.8 Å². The van der Waals surface area contributed by atoms with Gasteiger partial charge in [0.05, 0.1) is 22.9 Å². The molecule has 25 heteroatoms. The van der Waals surface area contributed by atoms with E-state index in [1.807, 2.05) is 43.2 Å². The SMILES string of the molecule is CC(=O)N[C@@H](CCCCNC(=O)[C@@H]1CCCN1C(=O)[C@H](Cc1ccc([N+](=O)[O-])cc1)NC(=O)[C@@H](NC(=O)[C@H]1C=C2c3cccc4[nH]cc(c34)C[C@H]2N(C)C1)C(C)C)C(=O)NCCCC[C@H](NC(=O)CCCC[C@@H]1SC[C@@H]2NC(=O)N[C@@H]21)C(N)=O. The summed E-state index contributed by atoms with van der Waals surface area (Å²) in [6.07, 6.45) is 10.6. The number of amides is 10. The molecule has 11 N–H and O–H groups in total. The first kappa shape index (κ1) is 62.5. The highest BCUT2D eigenvalue weighted by atomic mass is 32.2. The monoisotopic (exact) mass is 1180 g/mol. The molecule has 2 aromatic carbocycles. The maximum absolute atomic E-state index is 14.7. The van der Waals surface area contributed by atoms with Gasteiger partial charge in [0.2, 0.25) is 47.3 Å². The predicted octanol–water partition coefficient (Wildman–Crippen LogP) is 2.58. The number of urea groups is 1. The lowest BCUT2D eigenvalue weighted by molar-refractivity contribution is -0.384. The molecular weight excluding hydrogens is 1100 g/mol. The smallest absolute Gasteiger partial charge is 0.315 e. The number of likely N-dealkylation sites (N-methyl/N-ethyl adjacent to an activating group) is 1. The number of hydrogen-bond acceptors (Lipinski definition) is 13. The first-order chi connectivity index (χ1) is 40.3. The number of thioether (sulfide) groups is 1. The number of carbonyl (C=O) groups excluding carboxylic acids is 9. The highest BCUT2D eigenvalue weighted by Gasteiger charge is 2.43. The van der Waals surface area contributed by atoms with Crippen LogP contribution in [0.3, 0.4) is 0 Å². The molecule has 0 spiro atoms. The standard InChI is InChI=1S/C59H81N13O11S/c1-33(2)51(68-54(76)37-28-40-39-13-11-16-41-50(39)36(30-63-41)29-47(40)70(4)31-37)57(79)66-44(27-35-20-22-38(23-21-35)72(82)83)58(80)71-26-12-17-46(71)56(78)62-25-10-8-15-43(64-34(3)73)55(77)61-24-9-7-14-42(53(60)75)65-49(74)19-6-5-18-48-52-45(32-84-48)67-59(81)69-52/h11,13,16,20-23,28,30,33,37,42-48,51-52,63H,5-10,12,14-15,17-19,24-27,29,31-32H2,1-4H3,(H2,60,75)(H,61,77)(H,62,78)(H,64,73)(H,65,74)(H,66,79)(H,68,76)(H2,67,69,81)/t37-,42-,43-,44-,45-,46-,47+,48-,51-,52-/m0/s1. The van der Waals surface area contributed by atoms with E-state index in [1.165, 1.54) is 41.7 Å². The number of likely N-dealkylation sites (tertiary alicyclic amines) is 1. The van der Waals surface area contributed by atoms with Crippen molar-refractivity contribution in [2.75, 3.05) is 39.0 Å². The fourth-order valence-corrected chi connectivity index (χ4v) is 13.9. The lowest BCUT2D eigenvalue weighted by Crippen LogP contribution is -2.59. The summed E-state index contributed by atoms with van der Waals surface area (Å²) in [5, 5.41) is 35.9. The number of benzene rings is 2. The summed E-state index contributed by atoms with van der Waals surface area (Å²) in [6.45, 7) is 6.03. The van der Waals surface area contributed by atoms with Crippen molar-refractivity contribution >= 4 is 87.2 Å². The van der Waals surface area contributed by atoms with E-state index >= 15 is 0 Å². The van der Waals surface area contributed by atoms with E-state index < -0.39 is 82.4 Å². The van der Waals surface area contributed by atoms with Gasteiger partial charge >= 0.3 is 6.03 Å². The number of unbranched alkanes of at least 4 members (excludes halogenated alkanes) is 3. The van der Waals surface area contributed by atoms with Crippen LogP contribution in [0, 0.1) is 22.0 Å². The van der Waals surface area contributed by atoms with Crippen molar-refractivity contribution in [1.82, 2.24) is 57.3 Å². The van der Waals surface area contributed by atoms with Crippen LogP contribution in [0.1, 0.15) is 115 Å². The Morgan fingerprint density at radius 2 is 1.58 bits per heavy atom. The second-order valence-electron chi connectivity index (χ2n) is 23.3. The van der Waals surface area contributed by atoms with Crippen LogP contribution in [0.15, 0.2) is 54.7 Å². The number of fused-ring (bicyclic) bond motifs is 3. The Balaban J connectivity index is 0.794. The number of hydrogen-bond donors (Lipinski definition) is 10. The minimum atomic E-state index is -1.21. The normalized spacial score (nSPS) is 22.0. The van der Waals surface area contributed by atoms with Crippen LogP contribution in [0.5, 0.6) is 0 Å². The molecule has 0 saturated carbocycles. The lowest BCUT2D eigenvalue weighted by Gasteiger charge is -2.39. The quantitative estimate of drug-likeness (QED) is 0.0207. The van der Waals surface area contributed by atoms with Crippen LogP contribution in [0.4, 0.5) is 10.5 Å². The molecule has 3 fully saturated rings. The molecule has 3 aromatic rings. The van der Waals surface area contributed by atoms with Gasteiger partial charge < -0.3 is 58.2 Å². The Hall–Kier alpha value is -7.54. The molecule has 24 nitrogen and oxygen atoms in total. The highest BCUT2D eigenvalue weighted by Crippen LogP contribution is 2.41. The number of non-ortho nitro benzene ring substituents is 1. The molecule has 1 aliphatic carbocycles. The number of H-pyrrole nitrogens is 1. The van der Waals surface area contributed by atoms with Gasteiger partial charge in [0.25, 0.3) is 5.69 Å². The molecule has 454 valence electrons. The topological polar surface area (TPSA) is 341 Å². The second kappa shape index (κ2) is 28.8. The molecule has 0 bridgehead atoms. The lowest BCUT2D eigenvalue weighted by atomic mass is 9.79. The van der Waals surface area contributed by atoms with Gasteiger partial charge in [-0.25, -0.2) is 4.79 Å². The van der Waals surface area contributed by atoms with Crippen molar-refractivity contribution in [3.8, 4) is 0 Å². The Kier molecular flexibility index (Phi) is 21.5. The predicted molar refractivity (Wildman–Crippen MR) is 317 cm³/mol. The molecule has 1 aromatic heterocycles. The second-order valence-corrected chi connectivity index (χ2v) is 24.5. The summed E-state index contributed by atoms with van der Waals surface area (Å²) in [5.74, 6) is -3.67. The van der Waals surface area contributed by atoms with Crippen molar-refractivity contribution in [1.29, 1.82) is 0 Å². The minimum Gasteiger partial charge on any atom is -0.368 e. The van der Waals surface area contributed by atoms with Crippen molar-refractivity contribution in [3.63, 3.8) is 0 Å². The third-order valence-electron chi connectivity index (χ3n) is 16.8. The number of primary amides is 1. The Morgan fingerprint density at radius 1 is 0.845 bits per heavy atom. The number of nitro benzene ring substituents is 1. The van der Waals surface area contributed by atoms with Gasteiger partial charge in [-0.1, -0.05) is 50.6 Å². The van der Waals surface area contributed by atoms with Gasteiger partial charge in [0.1, 0.15) is 30.2 Å². The highest BCUT2D eigenvalue weighted by molar-refractivity contribution is 8.00. The molecule has 10 atom stereocenters. The molecule has 5 heterocycles. The summed E-state index contributed by atoms with van der Waals surface area (Å²) in [6, 6.07) is 7.12. The Bertz CT molecular complexity index is 2970. The summed E-state index contributed by atoms with van der Waals surface area (Å²) >= 11 is 1.81. The number of aromatic nitrogens is 1. The average Bonchev–Trinajstić information content (AvgIpc) is 2.92. The van der Waals surface area contributed by atoms with Crippen LogP contribution in [-0.4, -0.2) is 166 Å². The van der Waals surface area contributed by atoms with Crippen LogP contribution < -0.4 is 48.3 Å². The third-order valence-corrected chi connectivity index (χ3v) is 18.3. The summed E-state index contributed by atoms with van der Waals surface area (Å²) in [4.78, 5) is 137. The fourth-order valence-electron chi connectivity index (χ4n) is 12.3. The van der Waals surface area contributed by atoms with Crippen molar-refractivity contribution in [3.05, 3.63) is 81.5 Å². The Morgan fingerprint density at radius 3 is 2.30 bits per heavy atom. The number of nitrogens with one attached hydrogen (secondary N) is 9. The molecule has 0 unspecified atom stereocenters. The molecular formula is C59H81N13O11S. The summed E-state index contributed by atoms with van der Waals surface area (Å²) in [5.41, 5.74) is 10.4. The molecule has 0 radical (unpaired) electrons. The van der Waals surface area contributed by atoms with E-state index in [-0.39, 0.29) is 87.0 Å². The summed E-state index contributed by atoms with van der Waals surface area (Å²) in [7, 11) is 1.99. The zero-order valence-corrected chi connectivity index (χ0v) is 49.1. The number of nitro groups is 1. The van der Waals surface area contributed by atoms with E-state index in [2.05, 4.69) is 58.5 Å². The minimum absolute atomic E-state index is 0.0520. The maximum atomic E-state index is 14.7. The van der Waals surface area contributed by atoms with Crippen LogP contribution >= 0.6 is 11.8 Å². The number of aromatic amines is 1. The van der Waals surface area contributed by atoms with Crippen molar-refractivity contribution < 1.29 is 48.1 Å². The average molecular weight is 1180 g/mol. The summed E-state index contributed by atoms with van der Waals surface area (Å²) < 4.78 is 0. The van der Waals surface area contributed by atoms with Gasteiger partial charge in [-0.05, 0) is 112 Å². The van der Waals surface area contributed by atoms with Gasteiger partial charge in [-0.15, -0.1) is 0 Å². The molecule has 3 saturated heterocycles. The maximum Gasteiger partial charge on any atom is 0.315 e. The van der Waals surface area contributed by atoms with Crippen molar-refractivity contribution in [2.45, 2.75) is 164 Å². The van der Waals surface area contributed by atoms with Crippen LogP contribution in [0.2, 0.25) is 0 Å². The molecule has 5 aliphatic rings.